The second kappa shape index (κ2) is 6.34. The van der Waals surface area contributed by atoms with E-state index in [0.717, 1.165) is 9.90 Å². The molecule has 2 aromatic rings. The Morgan fingerprint density at radius 1 is 1.22 bits per heavy atom. The fraction of sp³-hybridized carbons (Fsp3) is 0.286. The summed E-state index contributed by atoms with van der Waals surface area (Å²) in [5.74, 6) is 0. The molecule has 1 heterocycles. The molecule has 0 aliphatic rings. The van der Waals surface area contributed by atoms with E-state index in [1.54, 1.807) is 11.3 Å². The summed E-state index contributed by atoms with van der Waals surface area (Å²) in [6, 6.07) is 14.0. The van der Waals surface area contributed by atoms with E-state index in [0.29, 0.717) is 0 Å². The summed E-state index contributed by atoms with van der Waals surface area (Å²) in [6.45, 7) is 2.15. The van der Waals surface area contributed by atoms with Gasteiger partial charge in [0.15, 0.2) is 0 Å². The van der Waals surface area contributed by atoms with Crippen molar-refractivity contribution in [1.29, 1.82) is 0 Å². The van der Waals surface area contributed by atoms with E-state index in [1.807, 2.05) is 42.5 Å². The van der Waals surface area contributed by atoms with Gasteiger partial charge >= 0.3 is 0 Å². The largest absolute Gasteiger partial charge is 0.394 e. The van der Waals surface area contributed by atoms with Gasteiger partial charge in [-0.1, -0.05) is 41.9 Å². The SMILES string of the molecule is CC(NC(CO)c1ccccc1)c1ccc(Cl)s1. The van der Waals surface area contributed by atoms with Crippen molar-refractivity contribution >= 4 is 22.9 Å². The lowest BCUT2D eigenvalue weighted by Gasteiger charge is -2.21. The predicted octanol–water partition coefficient (Wildman–Crippen LogP) is 3.79. The van der Waals surface area contributed by atoms with Crippen molar-refractivity contribution in [2.45, 2.75) is 19.0 Å². The minimum Gasteiger partial charge on any atom is -0.394 e. The van der Waals surface area contributed by atoms with Crippen LogP contribution in [0.25, 0.3) is 0 Å². The fourth-order valence-electron chi connectivity index (χ4n) is 1.88. The molecular formula is C14H16ClNOS. The van der Waals surface area contributed by atoms with Crippen LogP contribution in [0.1, 0.15) is 29.4 Å². The number of benzene rings is 1. The third-order valence-corrected chi connectivity index (χ3v) is 4.27. The van der Waals surface area contributed by atoms with Gasteiger partial charge in [0.2, 0.25) is 0 Å². The van der Waals surface area contributed by atoms with E-state index >= 15 is 0 Å². The average molecular weight is 282 g/mol. The molecule has 2 rings (SSSR count). The Balaban J connectivity index is 2.07. The van der Waals surface area contributed by atoms with Gasteiger partial charge in [0, 0.05) is 10.9 Å². The lowest BCUT2D eigenvalue weighted by Crippen LogP contribution is -2.26. The number of halogens is 1. The molecule has 0 fully saturated rings. The monoisotopic (exact) mass is 281 g/mol. The summed E-state index contributed by atoms with van der Waals surface area (Å²) >= 11 is 7.50. The Kier molecular flexibility index (Phi) is 4.78. The molecular weight excluding hydrogens is 266 g/mol. The van der Waals surface area contributed by atoms with Crippen LogP contribution < -0.4 is 5.32 Å². The van der Waals surface area contributed by atoms with Crippen molar-refractivity contribution < 1.29 is 5.11 Å². The highest BCUT2D eigenvalue weighted by atomic mass is 35.5. The Morgan fingerprint density at radius 3 is 2.50 bits per heavy atom. The normalized spacial score (nSPS) is 14.4. The Labute approximate surface area is 116 Å². The van der Waals surface area contributed by atoms with Crippen LogP contribution in [0.4, 0.5) is 0 Å². The first-order valence-electron chi connectivity index (χ1n) is 5.88. The Morgan fingerprint density at radius 2 is 1.94 bits per heavy atom. The zero-order valence-corrected chi connectivity index (χ0v) is 11.7. The molecule has 0 aliphatic carbocycles. The maximum Gasteiger partial charge on any atom is 0.0931 e. The molecule has 2 atom stereocenters. The van der Waals surface area contributed by atoms with E-state index in [2.05, 4.69) is 12.2 Å². The molecule has 0 bridgehead atoms. The van der Waals surface area contributed by atoms with Gasteiger partial charge in [-0.3, -0.25) is 0 Å². The van der Waals surface area contributed by atoms with E-state index in [1.165, 1.54) is 4.88 Å². The maximum absolute atomic E-state index is 9.50. The topological polar surface area (TPSA) is 32.3 Å². The van der Waals surface area contributed by atoms with Crippen LogP contribution >= 0.6 is 22.9 Å². The molecule has 18 heavy (non-hydrogen) atoms. The number of thiophene rings is 1. The van der Waals surface area contributed by atoms with Crippen LogP contribution in [0.2, 0.25) is 4.34 Å². The van der Waals surface area contributed by atoms with Gasteiger partial charge < -0.3 is 10.4 Å². The zero-order chi connectivity index (χ0) is 13.0. The molecule has 2 N–H and O–H groups in total. The van der Waals surface area contributed by atoms with Gasteiger partial charge in [-0.05, 0) is 24.6 Å². The first-order chi connectivity index (χ1) is 8.70. The zero-order valence-electron chi connectivity index (χ0n) is 10.1. The Hall–Kier alpha value is -0.870. The quantitative estimate of drug-likeness (QED) is 0.874. The minimum absolute atomic E-state index is 0.0536. The van der Waals surface area contributed by atoms with Gasteiger partial charge in [-0.25, -0.2) is 0 Å². The number of hydrogen-bond donors (Lipinski definition) is 2. The molecule has 4 heteroatoms. The van der Waals surface area contributed by atoms with Crippen molar-refractivity contribution in [1.82, 2.24) is 5.32 Å². The first kappa shape index (κ1) is 13.6. The average Bonchev–Trinajstić information content (AvgIpc) is 2.83. The highest BCUT2D eigenvalue weighted by Gasteiger charge is 2.15. The molecule has 0 radical (unpaired) electrons. The molecule has 1 aromatic heterocycles. The van der Waals surface area contributed by atoms with E-state index in [4.69, 9.17) is 11.6 Å². The van der Waals surface area contributed by atoms with Gasteiger partial charge in [0.05, 0.1) is 17.0 Å². The summed E-state index contributed by atoms with van der Waals surface area (Å²) < 4.78 is 0.791. The van der Waals surface area contributed by atoms with Gasteiger partial charge in [0.25, 0.3) is 0 Å². The fourth-order valence-corrected chi connectivity index (χ4v) is 2.96. The highest BCUT2D eigenvalue weighted by Crippen LogP contribution is 2.28. The van der Waals surface area contributed by atoms with Crippen LogP contribution in [0.5, 0.6) is 0 Å². The van der Waals surface area contributed by atoms with Crippen molar-refractivity contribution in [3.63, 3.8) is 0 Å². The second-order valence-electron chi connectivity index (χ2n) is 4.18. The molecule has 96 valence electrons. The third kappa shape index (κ3) is 3.33. The van der Waals surface area contributed by atoms with E-state index in [9.17, 15) is 5.11 Å². The van der Waals surface area contributed by atoms with Gasteiger partial charge in [-0.15, -0.1) is 11.3 Å². The van der Waals surface area contributed by atoms with Crippen LogP contribution in [0, 0.1) is 0 Å². The van der Waals surface area contributed by atoms with Crippen molar-refractivity contribution in [2.75, 3.05) is 6.61 Å². The smallest absolute Gasteiger partial charge is 0.0931 e. The third-order valence-electron chi connectivity index (χ3n) is 2.86. The van der Waals surface area contributed by atoms with E-state index in [-0.39, 0.29) is 18.7 Å². The second-order valence-corrected chi connectivity index (χ2v) is 5.92. The summed E-state index contributed by atoms with van der Waals surface area (Å²) in [4.78, 5) is 1.18. The summed E-state index contributed by atoms with van der Waals surface area (Å²) in [7, 11) is 0. The molecule has 1 aromatic carbocycles. The molecule has 2 unspecified atom stereocenters. The number of nitrogens with one attached hydrogen (secondary N) is 1. The number of rotatable bonds is 5. The molecule has 0 amide bonds. The molecule has 0 saturated heterocycles. The van der Waals surface area contributed by atoms with Crippen molar-refractivity contribution in [3.8, 4) is 0 Å². The number of aliphatic hydroxyl groups is 1. The maximum atomic E-state index is 9.50. The molecule has 0 spiro atoms. The van der Waals surface area contributed by atoms with Crippen LogP contribution in [0.3, 0.4) is 0 Å². The Bertz CT molecular complexity index is 486. The lowest BCUT2D eigenvalue weighted by atomic mass is 10.1. The van der Waals surface area contributed by atoms with Crippen LogP contribution in [-0.2, 0) is 0 Å². The lowest BCUT2D eigenvalue weighted by molar-refractivity contribution is 0.236. The minimum atomic E-state index is -0.0536. The van der Waals surface area contributed by atoms with Crippen molar-refractivity contribution in [3.05, 3.63) is 57.2 Å². The van der Waals surface area contributed by atoms with Gasteiger partial charge in [0.1, 0.15) is 0 Å². The summed E-state index contributed by atoms with van der Waals surface area (Å²) in [5, 5.41) is 12.9. The van der Waals surface area contributed by atoms with Crippen molar-refractivity contribution in [2.24, 2.45) is 0 Å². The van der Waals surface area contributed by atoms with Crippen LogP contribution in [0.15, 0.2) is 42.5 Å². The van der Waals surface area contributed by atoms with E-state index < -0.39 is 0 Å². The summed E-state index contributed by atoms with van der Waals surface area (Å²) in [5.41, 5.74) is 1.09. The number of hydrogen-bond acceptors (Lipinski definition) is 3. The predicted molar refractivity (Wildman–Crippen MR) is 77.1 cm³/mol. The first-order valence-corrected chi connectivity index (χ1v) is 7.07. The molecule has 0 saturated carbocycles. The molecule has 2 nitrogen and oxygen atoms in total. The summed E-state index contributed by atoms with van der Waals surface area (Å²) in [6.07, 6.45) is 0. The standard InChI is InChI=1S/C14H16ClNOS/c1-10(13-7-8-14(15)18-13)16-12(9-17)11-5-3-2-4-6-11/h2-8,10,12,16-17H,9H2,1H3. The van der Waals surface area contributed by atoms with Gasteiger partial charge in [-0.2, -0.15) is 0 Å². The highest BCUT2D eigenvalue weighted by molar-refractivity contribution is 7.16. The van der Waals surface area contributed by atoms with Crippen LogP contribution in [-0.4, -0.2) is 11.7 Å². The number of aliphatic hydroxyl groups excluding tert-OH is 1. The molecule has 0 aliphatic heterocycles.